The summed E-state index contributed by atoms with van der Waals surface area (Å²) in [6, 6.07) is 10.5. The number of amides is 1. The van der Waals surface area contributed by atoms with Crippen LogP contribution in [0.25, 0.3) is 0 Å². The molecule has 3 N–H and O–H groups in total. The number of benzene rings is 2. The maximum Gasteiger partial charge on any atom is 0.337 e. The molecule has 1 amide bonds. The molecular weight excluding hydrogens is 326 g/mol. The topological polar surface area (TPSA) is 86.6 Å². The van der Waals surface area contributed by atoms with Crippen molar-refractivity contribution >= 4 is 33.5 Å². The van der Waals surface area contributed by atoms with Crippen LogP contribution in [0.1, 0.15) is 20.7 Å². The number of carbonyl (C=O) groups is 2. The number of nitrogens with one attached hydrogen (secondary N) is 1. The summed E-state index contributed by atoms with van der Waals surface area (Å²) in [7, 11) is 0. The summed E-state index contributed by atoms with van der Waals surface area (Å²) in [4.78, 5) is 23.2. The number of anilines is 1. The van der Waals surface area contributed by atoms with Crippen molar-refractivity contribution in [3.05, 3.63) is 58.1 Å². The van der Waals surface area contributed by atoms with Crippen molar-refractivity contribution < 1.29 is 19.8 Å². The van der Waals surface area contributed by atoms with Gasteiger partial charge in [-0.1, -0.05) is 28.1 Å². The van der Waals surface area contributed by atoms with Crippen molar-refractivity contribution in [2.45, 2.75) is 0 Å². The number of rotatable bonds is 3. The molecule has 0 aliphatic heterocycles. The second kappa shape index (κ2) is 5.75. The molecule has 0 heterocycles. The molecule has 102 valence electrons. The average molecular weight is 336 g/mol. The minimum atomic E-state index is -1.15. The largest absolute Gasteiger partial charge is 0.507 e. The van der Waals surface area contributed by atoms with E-state index in [0.29, 0.717) is 4.47 Å². The lowest BCUT2D eigenvalue weighted by molar-refractivity contribution is 0.0698. The molecule has 2 aromatic rings. The lowest BCUT2D eigenvalue weighted by Gasteiger charge is -2.09. The van der Waals surface area contributed by atoms with Crippen LogP contribution in [0.5, 0.6) is 5.75 Å². The first kappa shape index (κ1) is 14.1. The highest BCUT2D eigenvalue weighted by molar-refractivity contribution is 9.10. The van der Waals surface area contributed by atoms with E-state index in [1.54, 1.807) is 18.2 Å². The normalized spacial score (nSPS) is 10.1. The zero-order valence-electron chi connectivity index (χ0n) is 10.1. The molecule has 0 atom stereocenters. The molecule has 0 aromatic heterocycles. The fraction of sp³-hybridized carbons (Fsp3) is 0. The summed E-state index contributed by atoms with van der Waals surface area (Å²) in [6.07, 6.45) is 0. The third-order valence-corrected chi connectivity index (χ3v) is 3.10. The number of hydrogen-bond acceptors (Lipinski definition) is 3. The Kier molecular flexibility index (Phi) is 4.05. The summed E-state index contributed by atoms with van der Waals surface area (Å²) in [6.45, 7) is 0. The van der Waals surface area contributed by atoms with Crippen molar-refractivity contribution in [2.24, 2.45) is 0 Å². The highest BCUT2D eigenvalue weighted by atomic mass is 79.9. The Hall–Kier alpha value is -2.34. The number of phenols is 1. The zero-order valence-corrected chi connectivity index (χ0v) is 11.7. The zero-order chi connectivity index (χ0) is 14.7. The van der Waals surface area contributed by atoms with Crippen LogP contribution in [0.3, 0.4) is 0 Å². The standard InChI is InChI=1S/C14H10BrNO4/c15-8-5-6-11(10(7-8)14(19)20)16-13(18)9-3-1-2-4-12(9)17/h1-7,17H,(H,16,18)(H,19,20). The quantitative estimate of drug-likeness (QED) is 0.804. The molecule has 0 spiro atoms. The lowest BCUT2D eigenvalue weighted by atomic mass is 10.1. The van der Waals surface area contributed by atoms with Crippen molar-refractivity contribution in [3.63, 3.8) is 0 Å². The van der Waals surface area contributed by atoms with Crippen molar-refractivity contribution in [2.75, 3.05) is 5.32 Å². The molecule has 0 fully saturated rings. The number of carboxylic acid groups (broad SMARTS) is 1. The van der Waals surface area contributed by atoms with E-state index in [-0.39, 0.29) is 22.6 Å². The lowest BCUT2D eigenvalue weighted by Crippen LogP contribution is -2.15. The molecule has 2 rings (SSSR count). The number of para-hydroxylation sites is 1. The van der Waals surface area contributed by atoms with Gasteiger partial charge < -0.3 is 15.5 Å². The van der Waals surface area contributed by atoms with Gasteiger partial charge in [-0.3, -0.25) is 4.79 Å². The Balaban J connectivity index is 2.33. The van der Waals surface area contributed by atoms with Gasteiger partial charge in [-0.05, 0) is 30.3 Å². The van der Waals surface area contributed by atoms with Crippen LogP contribution < -0.4 is 5.32 Å². The first-order valence-corrected chi connectivity index (χ1v) is 6.40. The number of carbonyl (C=O) groups excluding carboxylic acids is 1. The fourth-order valence-electron chi connectivity index (χ4n) is 1.66. The van der Waals surface area contributed by atoms with Gasteiger partial charge in [-0.15, -0.1) is 0 Å². The second-order valence-electron chi connectivity index (χ2n) is 3.97. The highest BCUT2D eigenvalue weighted by Gasteiger charge is 2.15. The van der Waals surface area contributed by atoms with Crippen LogP contribution in [0, 0.1) is 0 Å². The molecule has 0 aliphatic carbocycles. The van der Waals surface area contributed by atoms with Gasteiger partial charge in [0, 0.05) is 4.47 Å². The number of halogens is 1. The Bertz CT molecular complexity index is 685. The summed E-state index contributed by atoms with van der Waals surface area (Å²) in [5.41, 5.74) is 0.198. The SMILES string of the molecule is O=C(Nc1ccc(Br)cc1C(=O)O)c1ccccc1O. The van der Waals surface area contributed by atoms with Gasteiger partial charge in [0.15, 0.2) is 0 Å². The Morgan fingerprint density at radius 3 is 2.40 bits per heavy atom. The van der Waals surface area contributed by atoms with Crippen LogP contribution in [-0.2, 0) is 0 Å². The second-order valence-corrected chi connectivity index (χ2v) is 4.88. The molecule has 0 bridgehead atoms. The van der Waals surface area contributed by atoms with Gasteiger partial charge in [0.2, 0.25) is 0 Å². The van der Waals surface area contributed by atoms with Crippen LogP contribution in [0.15, 0.2) is 46.9 Å². The van der Waals surface area contributed by atoms with Gasteiger partial charge >= 0.3 is 5.97 Å². The van der Waals surface area contributed by atoms with Gasteiger partial charge in [0.05, 0.1) is 16.8 Å². The third kappa shape index (κ3) is 2.97. The molecule has 0 saturated carbocycles. The van der Waals surface area contributed by atoms with Crippen molar-refractivity contribution in [1.82, 2.24) is 0 Å². The summed E-state index contributed by atoms with van der Waals surface area (Å²) in [5, 5.41) is 21.2. The molecule has 0 radical (unpaired) electrons. The Labute approximate surface area is 123 Å². The molecule has 6 heteroatoms. The van der Waals surface area contributed by atoms with Gasteiger partial charge in [-0.2, -0.15) is 0 Å². The van der Waals surface area contributed by atoms with Crippen molar-refractivity contribution in [1.29, 1.82) is 0 Å². The number of phenolic OH excluding ortho intramolecular Hbond substituents is 1. The van der Waals surface area contributed by atoms with E-state index in [1.807, 2.05) is 0 Å². The van der Waals surface area contributed by atoms with Crippen LogP contribution >= 0.6 is 15.9 Å². The van der Waals surface area contributed by atoms with Crippen LogP contribution in [-0.4, -0.2) is 22.1 Å². The van der Waals surface area contributed by atoms with E-state index >= 15 is 0 Å². The number of hydrogen-bond donors (Lipinski definition) is 3. The van der Waals surface area contributed by atoms with Crippen LogP contribution in [0.2, 0.25) is 0 Å². The molecule has 20 heavy (non-hydrogen) atoms. The minimum Gasteiger partial charge on any atom is -0.507 e. The maximum absolute atomic E-state index is 12.0. The predicted octanol–water partition coefficient (Wildman–Crippen LogP) is 3.11. The predicted molar refractivity (Wildman–Crippen MR) is 77.2 cm³/mol. The Morgan fingerprint density at radius 1 is 1.05 bits per heavy atom. The molecule has 0 aliphatic rings. The smallest absolute Gasteiger partial charge is 0.337 e. The number of aromatic hydroxyl groups is 1. The fourth-order valence-corrected chi connectivity index (χ4v) is 2.02. The van der Waals surface area contributed by atoms with E-state index in [0.717, 1.165) is 0 Å². The van der Waals surface area contributed by atoms with Crippen molar-refractivity contribution in [3.8, 4) is 5.75 Å². The third-order valence-electron chi connectivity index (χ3n) is 2.61. The summed E-state index contributed by atoms with van der Waals surface area (Å²) >= 11 is 3.17. The number of aromatic carboxylic acids is 1. The molecule has 2 aromatic carbocycles. The van der Waals surface area contributed by atoms with Gasteiger partial charge in [0.1, 0.15) is 5.75 Å². The van der Waals surface area contributed by atoms with E-state index in [1.165, 1.54) is 24.3 Å². The van der Waals surface area contributed by atoms with Crippen LogP contribution in [0.4, 0.5) is 5.69 Å². The van der Waals surface area contributed by atoms with E-state index in [2.05, 4.69) is 21.2 Å². The molecule has 0 unspecified atom stereocenters. The monoisotopic (exact) mass is 335 g/mol. The number of carboxylic acids is 1. The van der Waals surface area contributed by atoms with Gasteiger partial charge in [0.25, 0.3) is 5.91 Å². The first-order valence-electron chi connectivity index (χ1n) is 5.61. The average Bonchev–Trinajstić information content (AvgIpc) is 2.41. The van der Waals surface area contributed by atoms with Gasteiger partial charge in [-0.25, -0.2) is 4.79 Å². The molecular formula is C14H10BrNO4. The highest BCUT2D eigenvalue weighted by Crippen LogP contribution is 2.23. The van der Waals surface area contributed by atoms with E-state index in [9.17, 15) is 14.7 Å². The summed E-state index contributed by atoms with van der Waals surface area (Å²) < 4.78 is 0.593. The maximum atomic E-state index is 12.0. The minimum absolute atomic E-state index is 0.0388. The van der Waals surface area contributed by atoms with E-state index in [4.69, 9.17) is 5.11 Å². The first-order chi connectivity index (χ1) is 9.49. The molecule has 0 saturated heterocycles. The van der Waals surface area contributed by atoms with E-state index < -0.39 is 11.9 Å². The summed E-state index contributed by atoms with van der Waals surface area (Å²) in [5.74, 6) is -1.90. The molecule has 5 nitrogen and oxygen atoms in total. The Morgan fingerprint density at radius 2 is 1.75 bits per heavy atom.